The van der Waals surface area contributed by atoms with Gasteiger partial charge in [-0.2, -0.15) is 5.10 Å². The minimum atomic E-state index is -0.611. The number of nitrogens with zero attached hydrogens (tertiary/aromatic N) is 7. The van der Waals surface area contributed by atoms with E-state index in [1.54, 1.807) is 37.1 Å². The summed E-state index contributed by atoms with van der Waals surface area (Å²) in [4.78, 5) is 21.2. The lowest BCUT2D eigenvalue weighted by molar-refractivity contribution is 0.219. The number of nitrogens with two attached hydrogens (primary N) is 1. The maximum absolute atomic E-state index is 15.3. The zero-order valence-electron chi connectivity index (χ0n) is 17.0. The molecule has 2 N–H and O–H groups in total. The summed E-state index contributed by atoms with van der Waals surface area (Å²) in [6.45, 7) is 1.76. The lowest BCUT2D eigenvalue weighted by Crippen LogP contribution is -2.09. The van der Waals surface area contributed by atoms with Crippen molar-refractivity contribution in [2.24, 2.45) is 7.05 Å². The van der Waals surface area contributed by atoms with E-state index in [2.05, 4.69) is 30.0 Å². The summed E-state index contributed by atoms with van der Waals surface area (Å²) in [5.41, 5.74) is 8.55. The molecule has 0 saturated carbocycles. The van der Waals surface area contributed by atoms with E-state index in [-0.39, 0.29) is 22.6 Å². The summed E-state index contributed by atoms with van der Waals surface area (Å²) in [7, 11) is 1.81. The fourth-order valence-corrected chi connectivity index (χ4v) is 3.68. The molecule has 0 bridgehead atoms. The smallest absolute Gasteiger partial charge is 0.169 e. The summed E-state index contributed by atoms with van der Waals surface area (Å²) in [5.74, 6) is 0.178. The first kappa shape index (κ1) is 20.0. The first-order chi connectivity index (χ1) is 15.4. The van der Waals surface area contributed by atoms with E-state index in [1.807, 2.05) is 0 Å². The number of nitrogen functional groups attached to an aromatic ring is 1. The Bertz CT molecular complexity index is 1490. The molecule has 0 amide bonds. The van der Waals surface area contributed by atoms with Gasteiger partial charge in [0.25, 0.3) is 0 Å². The van der Waals surface area contributed by atoms with Gasteiger partial charge in [0.15, 0.2) is 11.9 Å². The van der Waals surface area contributed by atoms with Gasteiger partial charge in [-0.25, -0.2) is 24.3 Å². The molecule has 5 aromatic rings. The molecule has 32 heavy (non-hydrogen) atoms. The molecule has 1 atom stereocenters. The Kier molecular flexibility index (Phi) is 4.78. The van der Waals surface area contributed by atoms with Crippen molar-refractivity contribution in [2.75, 3.05) is 5.73 Å². The second-order valence-corrected chi connectivity index (χ2v) is 7.57. The molecule has 4 heterocycles. The number of rotatable bonds is 4. The molecule has 0 spiro atoms. The lowest BCUT2D eigenvalue weighted by Gasteiger charge is -2.17. The molecule has 4 aromatic heterocycles. The molecule has 0 radical (unpaired) electrons. The van der Waals surface area contributed by atoms with Gasteiger partial charge in [-0.05, 0) is 13.0 Å². The van der Waals surface area contributed by atoms with Gasteiger partial charge in [0, 0.05) is 36.6 Å². The first-order valence-corrected chi connectivity index (χ1v) is 9.95. The molecule has 0 aliphatic rings. The van der Waals surface area contributed by atoms with Gasteiger partial charge >= 0.3 is 0 Å². The van der Waals surface area contributed by atoms with Crippen LogP contribution >= 0.6 is 11.6 Å². The number of benzene rings is 1. The van der Waals surface area contributed by atoms with Crippen molar-refractivity contribution in [1.29, 1.82) is 0 Å². The number of halogens is 2. The molecular formula is C21H16ClFN8O. The second-order valence-electron chi connectivity index (χ2n) is 7.13. The Labute approximate surface area is 186 Å². The quantitative estimate of drug-likeness (QED) is 0.438. The van der Waals surface area contributed by atoms with Crippen molar-refractivity contribution in [3.05, 3.63) is 59.9 Å². The predicted molar refractivity (Wildman–Crippen MR) is 117 cm³/mol. The van der Waals surface area contributed by atoms with Crippen LogP contribution in [-0.4, -0.2) is 34.7 Å². The largest absolute Gasteiger partial charge is 0.482 e. The third-order valence-electron chi connectivity index (χ3n) is 5.04. The van der Waals surface area contributed by atoms with E-state index in [9.17, 15) is 0 Å². The zero-order chi connectivity index (χ0) is 22.4. The van der Waals surface area contributed by atoms with Gasteiger partial charge in [0.05, 0.1) is 28.3 Å². The lowest BCUT2D eigenvalue weighted by atomic mass is 10.0. The fraction of sp³-hybridized carbons (Fsp3) is 0.143. The SMILES string of the molecule is C[C@@H](Oc1cc(F)c(-c2cncc(Cl)c2)c2ncnc(N)c12)c1ncc2c(cnn2C)n1. The van der Waals surface area contributed by atoms with Gasteiger partial charge in [0.2, 0.25) is 0 Å². The standard InChI is InChI=1S/C21H16ClFN8O/c1-10(21-26-8-15-14(30-21)7-29-31(15)2)32-16-4-13(23)17(11-3-12(22)6-25-5-11)19-18(16)20(24)28-9-27-19/h3-10H,1-2H3,(H2,24,27,28)/t10-/m1/s1. The van der Waals surface area contributed by atoms with Crippen LogP contribution in [0.15, 0.2) is 43.2 Å². The fourth-order valence-electron chi connectivity index (χ4n) is 3.51. The van der Waals surface area contributed by atoms with Crippen LogP contribution in [0.1, 0.15) is 18.9 Å². The monoisotopic (exact) mass is 450 g/mol. The van der Waals surface area contributed by atoms with Crippen LogP contribution in [0.5, 0.6) is 5.75 Å². The Morgan fingerprint density at radius 2 is 1.97 bits per heavy atom. The van der Waals surface area contributed by atoms with Gasteiger partial charge in [-0.15, -0.1) is 0 Å². The number of hydrogen-bond donors (Lipinski definition) is 1. The first-order valence-electron chi connectivity index (χ1n) is 9.57. The number of pyridine rings is 1. The maximum atomic E-state index is 15.3. The third kappa shape index (κ3) is 3.34. The normalized spacial score (nSPS) is 12.4. The van der Waals surface area contributed by atoms with E-state index < -0.39 is 11.9 Å². The molecule has 0 saturated heterocycles. The van der Waals surface area contributed by atoms with Gasteiger partial charge in [-0.1, -0.05) is 11.6 Å². The Balaban J connectivity index is 1.62. The van der Waals surface area contributed by atoms with Gasteiger partial charge in [-0.3, -0.25) is 9.67 Å². The number of ether oxygens (including phenoxy) is 1. The van der Waals surface area contributed by atoms with Crippen molar-refractivity contribution in [3.8, 4) is 16.9 Å². The Morgan fingerprint density at radius 1 is 1.12 bits per heavy atom. The average Bonchev–Trinajstić information content (AvgIpc) is 3.14. The Morgan fingerprint density at radius 3 is 2.78 bits per heavy atom. The van der Waals surface area contributed by atoms with Crippen molar-refractivity contribution >= 4 is 39.4 Å². The van der Waals surface area contributed by atoms with Gasteiger partial charge in [0.1, 0.15) is 34.7 Å². The van der Waals surface area contributed by atoms with Crippen LogP contribution in [0.4, 0.5) is 10.2 Å². The Hall–Kier alpha value is -3.92. The van der Waals surface area contributed by atoms with Crippen molar-refractivity contribution < 1.29 is 9.13 Å². The molecule has 11 heteroatoms. The second kappa shape index (κ2) is 7.65. The molecule has 0 aliphatic heterocycles. The highest BCUT2D eigenvalue weighted by atomic mass is 35.5. The van der Waals surface area contributed by atoms with E-state index in [0.717, 1.165) is 5.52 Å². The number of anilines is 1. The molecule has 0 fully saturated rings. The van der Waals surface area contributed by atoms with Crippen molar-refractivity contribution in [1.82, 2.24) is 34.7 Å². The molecule has 5 rings (SSSR count). The number of hydrogen-bond acceptors (Lipinski definition) is 8. The van der Waals surface area contributed by atoms with Crippen LogP contribution in [-0.2, 0) is 7.05 Å². The van der Waals surface area contributed by atoms with Crippen LogP contribution in [0.2, 0.25) is 5.02 Å². The van der Waals surface area contributed by atoms with Crippen LogP contribution in [0.3, 0.4) is 0 Å². The molecule has 1 aromatic carbocycles. The van der Waals surface area contributed by atoms with Crippen LogP contribution < -0.4 is 10.5 Å². The minimum absolute atomic E-state index is 0.150. The molecule has 0 aliphatic carbocycles. The van der Waals surface area contributed by atoms with E-state index in [0.29, 0.717) is 27.3 Å². The highest BCUT2D eigenvalue weighted by molar-refractivity contribution is 6.30. The maximum Gasteiger partial charge on any atom is 0.169 e. The molecular weight excluding hydrogens is 435 g/mol. The average molecular weight is 451 g/mol. The van der Waals surface area contributed by atoms with Crippen molar-refractivity contribution in [2.45, 2.75) is 13.0 Å². The van der Waals surface area contributed by atoms with Crippen LogP contribution in [0.25, 0.3) is 33.1 Å². The summed E-state index contributed by atoms with van der Waals surface area (Å²) in [6, 6.07) is 2.85. The summed E-state index contributed by atoms with van der Waals surface area (Å²) in [6.07, 6.45) is 6.93. The summed E-state index contributed by atoms with van der Waals surface area (Å²) < 4.78 is 23.0. The van der Waals surface area contributed by atoms with E-state index >= 15 is 4.39 Å². The third-order valence-corrected chi connectivity index (χ3v) is 5.24. The highest BCUT2D eigenvalue weighted by Crippen LogP contribution is 2.39. The summed E-state index contributed by atoms with van der Waals surface area (Å²) in [5, 5.41) is 4.91. The number of fused-ring (bicyclic) bond motifs is 2. The number of aromatic nitrogens is 7. The minimum Gasteiger partial charge on any atom is -0.482 e. The van der Waals surface area contributed by atoms with E-state index in [1.165, 1.54) is 24.8 Å². The molecule has 0 unspecified atom stereocenters. The van der Waals surface area contributed by atoms with Crippen LogP contribution in [0, 0.1) is 5.82 Å². The zero-order valence-corrected chi connectivity index (χ0v) is 17.7. The topological polar surface area (TPSA) is 118 Å². The molecule has 9 nitrogen and oxygen atoms in total. The summed E-state index contributed by atoms with van der Waals surface area (Å²) >= 11 is 6.05. The molecule has 160 valence electrons. The van der Waals surface area contributed by atoms with Gasteiger partial charge < -0.3 is 10.5 Å². The highest BCUT2D eigenvalue weighted by Gasteiger charge is 2.22. The van der Waals surface area contributed by atoms with E-state index in [4.69, 9.17) is 22.1 Å². The van der Waals surface area contributed by atoms with Crippen molar-refractivity contribution in [3.63, 3.8) is 0 Å². The predicted octanol–water partition coefficient (Wildman–Crippen LogP) is 3.88. The number of aryl methyl sites for hydroxylation is 1.